The third-order valence-corrected chi connectivity index (χ3v) is 16.9. The van der Waals surface area contributed by atoms with E-state index in [1.54, 1.807) is 0 Å². The smallest absolute Gasteiger partial charge is 0.160 e. The number of fused-ring (bicyclic) bond motifs is 15. The first kappa shape index (κ1) is 39.5. The van der Waals surface area contributed by atoms with Crippen LogP contribution in [0.2, 0.25) is 0 Å². The summed E-state index contributed by atoms with van der Waals surface area (Å²) in [7, 11) is 0. The van der Waals surface area contributed by atoms with E-state index >= 15 is 0 Å². The maximum absolute atomic E-state index is 5.89. The van der Waals surface area contributed by atoms with Gasteiger partial charge in [-0.1, -0.05) is 231 Å². The molecular formula is C67H42N2S. The topological polar surface area (TPSA) is 25.8 Å². The molecule has 10 aromatic carbocycles. The standard InChI is InChI=1S/C67H42N2S/c1-3-21-43(22-4-1)67(44-23-5-2-6-24-44)57-37-15-11-29-51(57)62-52(32-19-38-58(62)67)59-40-60(53-33-18-31-50-48-28-12-16-39-61(48)70-64(50)53)69-65(68-59)54-34-17-30-49-45-25-8-7-20-42(45)41-66(63(49)54)55-35-13-9-26-46(55)47-27-10-14-36-56(47)66/h1-40H,41H2. The average molecular weight is 907 g/mol. The zero-order chi connectivity index (χ0) is 46.0. The van der Waals surface area contributed by atoms with Crippen molar-refractivity contribution in [3.8, 4) is 67.3 Å². The molecule has 0 saturated carbocycles. The zero-order valence-corrected chi connectivity index (χ0v) is 38.9. The van der Waals surface area contributed by atoms with Gasteiger partial charge in [0.15, 0.2) is 5.82 Å². The molecule has 2 heterocycles. The van der Waals surface area contributed by atoms with Crippen LogP contribution in [0, 0.1) is 0 Å². The van der Waals surface area contributed by atoms with E-state index in [4.69, 9.17) is 9.97 Å². The van der Waals surface area contributed by atoms with Crippen molar-refractivity contribution in [1.29, 1.82) is 0 Å². The van der Waals surface area contributed by atoms with Gasteiger partial charge >= 0.3 is 0 Å². The number of hydrogen-bond donors (Lipinski definition) is 0. The monoisotopic (exact) mass is 906 g/mol. The lowest BCUT2D eigenvalue weighted by atomic mass is 9.61. The van der Waals surface area contributed by atoms with Gasteiger partial charge < -0.3 is 0 Å². The lowest BCUT2D eigenvalue weighted by Crippen LogP contribution is -2.34. The van der Waals surface area contributed by atoms with Gasteiger partial charge in [0.1, 0.15) is 0 Å². The van der Waals surface area contributed by atoms with Gasteiger partial charge in [-0.15, -0.1) is 11.3 Å². The molecule has 3 heteroatoms. The van der Waals surface area contributed by atoms with E-state index < -0.39 is 10.8 Å². The van der Waals surface area contributed by atoms with Gasteiger partial charge in [0.05, 0.1) is 22.2 Å². The summed E-state index contributed by atoms with van der Waals surface area (Å²) in [6.45, 7) is 0. The molecule has 15 rings (SSSR count). The van der Waals surface area contributed by atoms with Crippen molar-refractivity contribution >= 4 is 31.5 Å². The van der Waals surface area contributed by atoms with Crippen LogP contribution in [0.5, 0.6) is 0 Å². The molecule has 0 unspecified atom stereocenters. The largest absolute Gasteiger partial charge is 0.228 e. The summed E-state index contributed by atoms with van der Waals surface area (Å²) in [5.41, 5.74) is 21.9. The van der Waals surface area contributed by atoms with E-state index in [2.05, 4.69) is 243 Å². The van der Waals surface area contributed by atoms with E-state index in [0.717, 1.165) is 40.3 Å². The van der Waals surface area contributed by atoms with Gasteiger partial charge in [-0.25, -0.2) is 9.97 Å². The number of hydrogen-bond acceptors (Lipinski definition) is 3. The van der Waals surface area contributed by atoms with Crippen molar-refractivity contribution in [2.45, 2.75) is 17.3 Å². The summed E-state index contributed by atoms with van der Waals surface area (Å²) in [5, 5.41) is 2.52. The summed E-state index contributed by atoms with van der Waals surface area (Å²) in [4.78, 5) is 11.7. The third kappa shape index (κ3) is 5.33. The molecular weight excluding hydrogens is 865 g/mol. The first-order chi connectivity index (χ1) is 34.7. The molecule has 12 aromatic rings. The van der Waals surface area contributed by atoms with Crippen LogP contribution in [0.1, 0.15) is 44.5 Å². The van der Waals surface area contributed by atoms with Crippen molar-refractivity contribution in [2.24, 2.45) is 0 Å². The molecule has 2 aromatic heterocycles. The van der Waals surface area contributed by atoms with Crippen LogP contribution in [0.25, 0.3) is 87.5 Å². The maximum atomic E-state index is 5.89. The highest BCUT2D eigenvalue weighted by Gasteiger charge is 2.50. The molecule has 70 heavy (non-hydrogen) atoms. The third-order valence-electron chi connectivity index (χ3n) is 15.7. The highest BCUT2D eigenvalue weighted by Crippen LogP contribution is 2.61. The summed E-state index contributed by atoms with van der Waals surface area (Å²) >= 11 is 1.85. The van der Waals surface area contributed by atoms with Gasteiger partial charge in [-0.05, 0) is 96.4 Å². The molecule has 1 spiro atoms. The molecule has 0 saturated heterocycles. The first-order valence-electron chi connectivity index (χ1n) is 24.3. The van der Waals surface area contributed by atoms with E-state index in [1.165, 1.54) is 98.1 Å². The average Bonchev–Trinajstić information content (AvgIpc) is 4.06. The first-order valence-corrected chi connectivity index (χ1v) is 25.1. The van der Waals surface area contributed by atoms with E-state index in [9.17, 15) is 0 Å². The van der Waals surface area contributed by atoms with E-state index in [0.29, 0.717) is 0 Å². The summed E-state index contributed by atoms with van der Waals surface area (Å²) in [5.74, 6) is 0.726. The highest BCUT2D eigenvalue weighted by molar-refractivity contribution is 7.26. The van der Waals surface area contributed by atoms with Crippen LogP contribution in [0.3, 0.4) is 0 Å². The van der Waals surface area contributed by atoms with Crippen molar-refractivity contribution in [3.63, 3.8) is 0 Å². The quantitative estimate of drug-likeness (QED) is 0.172. The molecule has 0 fully saturated rings. The molecule has 0 amide bonds. The Kier molecular flexibility index (Phi) is 8.46. The van der Waals surface area contributed by atoms with E-state index in [1.807, 2.05) is 11.3 Å². The molecule has 326 valence electrons. The van der Waals surface area contributed by atoms with Crippen LogP contribution >= 0.6 is 11.3 Å². The number of nitrogens with zero attached hydrogens (tertiary/aromatic N) is 2. The minimum atomic E-state index is -0.548. The van der Waals surface area contributed by atoms with Gasteiger partial charge in [-0.2, -0.15) is 0 Å². The van der Waals surface area contributed by atoms with Gasteiger partial charge in [0, 0.05) is 36.9 Å². The van der Waals surface area contributed by atoms with Crippen LogP contribution in [-0.4, -0.2) is 9.97 Å². The van der Waals surface area contributed by atoms with Gasteiger partial charge in [0.25, 0.3) is 0 Å². The Morgan fingerprint density at radius 2 is 0.857 bits per heavy atom. The fraction of sp³-hybridized carbons (Fsp3) is 0.0448. The molecule has 0 radical (unpaired) electrons. The second kappa shape index (κ2) is 15.0. The molecule has 2 nitrogen and oxygen atoms in total. The van der Waals surface area contributed by atoms with Crippen LogP contribution in [0.4, 0.5) is 0 Å². The second-order valence-corrected chi connectivity index (χ2v) is 20.1. The van der Waals surface area contributed by atoms with Gasteiger partial charge in [-0.3, -0.25) is 0 Å². The Bertz CT molecular complexity index is 4020. The number of rotatable bonds is 5. The Morgan fingerprint density at radius 3 is 1.60 bits per heavy atom. The summed E-state index contributed by atoms with van der Waals surface area (Å²) in [6, 6.07) is 89.8. The zero-order valence-electron chi connectivity index (χ0n) is 38.1. The normalized spacial score (nSPS) is 14.2. The van der Waals surface area contributed by atoms with Crippen LogP contribution in [-0.2, 0) is 17.3 Å². The predicted molar refractivity (Wildman–Crippen MR) is 289 cm³/mol. The van der Waals surface area contributed by atoms with Crippen LogP contribution in [0.15, 0.2) is 243 Å². The molecule has 0 aliphatic heterocycles. The van der Waals surface area contributed by atoms with Crippen molar-refractivity contribution in [2.75, 3.05) is 0 Å². The summed E-state index contributed by atoms with van der Waals surface area (Å²) < 4.78 is 2.50. The number of aromatic nitrogens is 2. The molecule has 3 aliphatic carbocycles. The Balaban J connectivity index is 1.06. The second-order valence-electron chi connectivity index (χ2n) is 19.1. The van der Waals surface area contributed by atoms with Crippen LogP contribution < -0.4 is 0 Å². The van der Waals surface area contributed by atoms with Crippen molar-refractivity contribution < 1.29 is 0 Å². The minimum Gasteiger partial charge on any atom is -0.228 e. The highest BCUT2D eigenvalue weighted by atomic mass is 32.1. The van der Waals surface area contributed by atoms with Gasteiger partial charge in [0.2, 0.25) is 0 Å². The lowest BCUT2D eigenvalue weighted by molar-refractivity contribution is 0.623. The number of benzene rings is 10. The Morgan fingerprint density at radius 1 is 0.357 bits per heavy atom. The fourth-order valence-corrected chi connectivity index (χ4v) is 14.2. The summed E-state index contributed by atoms with van der Waals surface area (Å²) in [6.07, 6.45) is 0.832. The van der Waals surface area contributed by atoms with Crippen molar-refractivity contribution in [1.82, 2.24) is 9.97 Å². The fourth-order valence-electron chi connectivity index (χ4n) is 13.0. The predicted octanol–water partition coefficient (Wildman–Crippen LogP) is 16.7. The lowest BCUT2D eigenvalue weighted by Gasteiger charge is -2.40. The van der Waals surface area contributed by atoms with E-state index in [-0.39, 0.29) is 0 Å². The Labute approximate surface area is 410 Å². The molecule has 3 aliphatic rings. The molecule has 0 bridgehead atoms. The van der Waals surface area contributed by atoms with Crippen molar-refractivity contribution in [3.05, 3.63) is 287 Å². The Hall–Kier alpha value is -8.50. The maximum Gasteiger partial charge on any atom is 0.160 e. The SMILES string of the molecule is c1ccc(C2(c3ccccc3)c3ccccc3-c3c(-c4cc(-c5cccc6c5sc5ccccc56)nc(-c5cccc6c5C5(Cc7ccccc7-6)c6ccccc6-c6ccccc65)n4)cccc32)cc1. The minimum absolute atomic E-state index is 0.476. The molecule has 0 N–H and O–H groups in total. The number of thiophene rings is 1. The molecule has 0 atom stereocenters.